The minimum atomic E-state index is -0.803. The predicted octanol–water partition coefficient (Wildman–Crippen LogP) is 3.59. The fourth-order valence-corrected chi connectivity index (χ4v) is 3.45. The SMILES string of the molecule is O=C1NC(=O)N(c2ccc(Cl)cc2)C(=O)/C1=C\c1ccc(N2CCCCC2)o1. The third-order valence-corrected chi connectivity index (χ3v) is 5.01. The maximum absolute atomic E-state index is 12.8. The van der Waals surface area contributed by atoms with Gasteiger partial charge < -0.3 is 9.32 Å². The van der Waals surface area contributed by atoms with Gasteiger partial charge in [-0.05, 0) is 55.7 Å². The van der Waals surface area contributed by atoms with Crippen LogP contribution in [0.4, 0.5) is 16.4 Å². The molecule has 1 aromatic carbocycles. The highest BCUT2D eigenvalue weighted by atomic mass is 35.5. The number of imide groups is 2. The van der Waals surface area contributed by atoms with Crippen molar-refractivity contribution in [3.63, 3.8) is 0 Å². The van der Waals surface area contributed by atoms with E-state index < -0.39 is 17.8 Å². The summed E-state index contributed by atoms with van der Waals surface area (Å²) in [5, 5.41) is 2.66. The average Bonchev–Trinajstić information content (AvgIpc) is 3.16. The molecule has 28 heavy (non-hydrogen) atoms. The Hall–Kier alpha value is -3.06. The molecule has 0 bridgehead atoms. The van der Waals surface area contributed by atoms with Crippen LogP contribution in [-0.4, -0.2) is 30.9 Å². The zero-order valence-corrected chi connectivity index (χ0v) is 15.7. The summed E-state index contributed by atoms with van der Waals surface area (Å²) in [5.41, 5.74) is 0.146. The number of barbiturate groups is 1. The van der Waals surface area contributed by atoms with E-state index in [-0.39, 0.29) is 5.57 Å². The number of nitrogens with one attached hydrogen (secondary N) is 1. The van der Waals surface area contributed by atoms with E-state index in [4.69, 9.17) is 16.0 Å². The van der Waals surface area contributed by atoms with Crippen LogP contribution in [0.15, 0.2) is 46.4 Å². The number of halogens is 1. The van der Waals surface area contributed by atoms with Crippen LogP contribution in [0.3, 0.4) is 0 Å². The van der Waals surface area contributed by atoms with Crippen LogP contribution in [0.5, 0.6) is 0 Å². The summed E-state index contributed by atoms with van der Waals surface area (Å²) in [6, 6.07) is 8.93. The minimum Gasteiger partial charge on any atom is -0.441 e. The zero-order chi connectivity index (χ0) is 19.7. The van der Waals surface area contributed by atoms with E-state index >= 15 is 0 Å². The number of carbonyl (C=O) groups excluding carboxylic acids is 3. The van der Waals surface area contributed by atoms with Gasteiger partial charge in [-0.25, -0.2) is 9.69 Å². The molecule has 0 aliphatic carbocycles. The molecule has 2 aromatic rings. The van der Waals surface area contributed by atoms with Crippen LogP contribution in [0, 0.1) is 0 Å². The number of piperidine rings is 1. The van der Waals surface area contributed by atoms with Crippen LogP contribution >= 0.6 is 11.6 Å². The predicted molar refractivity (Wildman–Crippen MR) is 105 cm³/mol. The Morgan fingerprint density at radius 1 is 0.964 bits per heavy atom. The average molecular weight is 400 g/mol. The second kappa shape index (κ2) is 7.52. The Balaban J connectivity index is 1.61. The van der Waals surface area contributed by atoms with Crippen molar-refractivity contribution >= 4 is 47.1 Å². The zero-order valence-electron chi connectivity index (χ0n) is 15.0. The first-order chi connectivity index (χ1) is 13.5. The van der Waals surface area contributed by atoms with Crippen molar-refractivity contribution in [2.75, 3.05) is 22.9 Å². The van der Waals surface area contributed by atoms with Gasteiger partial charge in [-0.2, -0.15) is 0 Å². The summed E-state index contributed by atoms with van der Waals surface area (Å²) < 4.78 is 5.80. The summed E-state index contributed by atoms with van der Waals surface area (Å²) >= 11 is 5.86. The van der Waals surface area contributed by atoms with Gasteiger partial charge in [0, 0.05) is 24.2 Å². The fourth-order valence-electron chi connectivity index (χ4n) is 3.33. The topological polar surface area (TPSA) is 82.9 Å². The van der Waals surface area contributed by atoms with Crippen LogP contribution in [0.1, 0.15) is 25.0 Å². The van der Waals surface area contributed by atoms with E-state index in [0.717, 1.165) is 30.8 Å². The maximum atomic E-state index is 12.8. The van der Waals surface area contributed by atoms with E-state index in [1.807, 2.05) is 6.07 Å². The van der Waals surface area contributed by atoms with Crippen LogP contribution in [-0.2, 0) is 9.59 Å². The quantitative estimate of drug-likeness (QED) is 0.630. The summed E-state index contributed by atoms with van der Waals surface area (Å²) in [7, 11) is 0. The van der Waals surface area contributed by atoms with Gasteiger partial charge in [-0.1, -0.05) is 11.6 Å². The number of nitrogens with zero attached hydrogens (tertiary/aromatic N) is 2. The highest BCUT2D eigenvalue weighted by molar-refractivity contribution is 6.39. The van der Waals surface area contributed by atoms with Gasteiger partial charge in [0.15, 0.2) is 5.88 Å². The number of rotatable bonds is 3. The van der Waals surface area contributed by atoms with E-state index in [2.05, 4.69) is 10.2 Å². The van der Waals surface area contributed by atoms with Gasteiger partial charge in [0.1, 0.15) is 11.3 Å². The van der Waals surface area contributed by atoms with Crippen LogP contribution in [0.25, 0.3) is 6.08 Å². The van der Waals surface area contributed by atoms with Crippen molar-refractivity contribution < 1.29 is 18.8 Å². The first kappa shape index (κ1) is 18.3. The van der Waals surface area contributed by atoms with E-state index in [1.54, 1.807) is 18.2 Å². The Morgan fingerprint density at radius 3 is 2.39 bits per heavy atom. The molecule has 0 atom stereocenters. The lowest BCUT2D eigenvalue weighted by Gasteiger charge is -2.26. The largest absolute Gasteiger partial charge is 0.441 e. The third kappa shape index (κ3) is 3.53. The van der Waals surface area contributed by atoms with E-state index in [1.165, 1.54) is 24.6 Å². The number of amides is 4. The van der Waals surface area contributed by atoms with Crippen molar-refractivity contribution in [1.82, 2.24) is 5.32 Å². The molecule has 1 aromatic heterocycles. The van der Waals surface area contributed by atoms with Crippen molar-refractivity contribution in [2.24, 2.45) is 0 Å². The first-order valence-electron chi connectivity index (χ1n) is 9.05. The minimum absolute atomic E-state index is 0.172. The molecule has 8 heteroatoms. The highest BCUT2D eigenvalue weighted by Gasteiger charge is 2.37. The van der Waals surface area contributed by atoms with E-state index in [9.17, 15) is 14.4 Å². The number of benzene rings is 1. The number of carbonyl (C=O) groups is 3. The monoisotopic (exact) mass is 399 g/mol. The van der Waals surface area contributed by atoms with Gasteiger partial charge in [0.2, 0.25) is 0 Å². The van der Waals surface area contributed by atoms with E-state index in [0.29, 0.717) is 22.4 Å². The molecule has 0 radical (unpaired) electrons. The number of anilines is 2. The molecule has 4 rings (SSSR count). The third-order valence-electron chi connectivity index (χ3n) is 4.75. The molecular formula is C20H18ClN3O4. The summed E-state index contributed by atoms with van der Waals surface area (Å²) in [4.78, 5) is 40.3. The second-order valence-electron chi connectivity index (χ2n) is 6.66. The number of hydrogen-bond acceptors (Lipinski definition) is 5. The summed E-state index contributed by atoms with van der Waals surface area (Å²) in [6.07, 6.45) is 4.78. The Bertz CT molecular complexity index is 958. The lowest BCUT2D eigenvalue weighted by atomic mass is 10.1. The summed E-state index contributed by atoms with van der Waals surface area (Å²) in [5.74, 6) is -0.381. The molecule has 0 spiro atoms. The lowest BCUT2D eigenvalue weighted by Crippen LogP contribution is -2.54. The molecular weight excluding hydrogens is 382 g/mol. The van der Waals surface area contributed by atoms with Gasteiger partial charge in [-0.15, -0.1) is 0 Å². The fraction of sp³-hybridized carbons (Fsp3) is 0.250. The molecule has 0 saturated carbocycles. The molecule has 2 saturated heterocycles. The second-order valence-corrected chi connectivity index (χ2v) is 7.09. The maximum Gasteiger partial charge on any atom is 0.335 e. The van der Waals surface area contributed by atoms with Crippen LogP contribution in [0.2, 0.25) is 5.02 Å². The van der Waals surface area contributed by atoms with Crippen molar-refractivity contribution in [3.05, 3.63) is 52.8 Å². The molecule has 2 aliphatic rings. The van der Waals surface area contributed by atoms with Crippen molar-refractivity contribution in [2.45, 2.75) is 19.3 Å². The normalized spacial score (nSPS) is 19.3. The molecule has 3 heterocycles. The highest BCUT2D eigenvalue weighted by Crippen LogP contribution is 2.26. The van der Waals surface area contributed by atoms with Gasteiger partial charge in [-0.3, -0.25) is 14.9 Å². The first-order valence-corrected chi connectivity index (χ1v) is 9.42. The molecule has 144 valence electrons. The van der Waals surface area contributed by atoms with Gasteiger partial charge in [0.25, 0.3) is 11.8 Å². The number of furan rings is 1. The molecule has 1 N–H and O–H groups in total. The molecule has 4 amide bonds. The molecule has 2 fully saturated rings. The van der Waals surface area contributed by atoms with Gasteiger partial charge in [0.05, 0.1) is 5.69 Å². The lowest BCUT2D eigenvalue weighted by molar-refractivity contribution is -0.122. The van der Waals surface area contributed by atoms with Crippen LogP contribution < -0.4 is 15.1 Å². The van der Waals surface area contributed by atoms with Crippen molar-refractivity contribution in [1.29, 1.82) is 0 Å². The molecule has 7 nitrogen and oxygen atoms in total. The summed E-state index contributed by atoms with van der Waals surface area (Å²) in [6.45, 7) is 1.84. The standard InChI is InChI=1S/C20H18ClN3O4/c21-13-4-6-14(7-5-13)24-19(26)16(18(25)22-20(24)27)12-15-8-9-17(28-15)23-10-2-1-3-11-23/h4-9,12H,1-3,10-11H2,(H,22,25,27)/b16-12-. The molecule has 0 unspecified atom stereocenters. The van der Waals surface area contributed by atoms with Gasteiger partial charge >= 0.3 is 6.03 Å². The number of urea groups is 1. The Kier molecular flexibility index (Phi) is 4.92. The Labute approximate surface area is 166 Å². The number of hydrogen-bond donors (Lipinski definition) is 1. The molecule has 2 aliphatic heterocycles. The Morgan fingerprint density at radius 2 is 1.68 bits per heavy atom. The van der Waals surface area contributed by atoms with Crippen molar-refractivity contribution in [3.8, 4) is 0 Å². The smallest absolute Gasteiger partial charge is 0.335 e.